The summed E-state index contributed by atoms with van der Waals surface area (Å²) < 4.78 is 53.2. The summed E-state index contributed by atoms with van der Waals surface area (Å²) in [6.07, 6.45) is -1.19. The van der Waals surface area contributed by atoms with Crippen molar-refractivity contribution in [1.29, 1.82) is 0 Å². The van der Waals surface area contributed by atoms with E-state index in [0.717, 1.165) is 45.2 Å². The molecule has 0 saturated heterocycles. The Bertz CT molecular complexity index is 1740. The van der Waals surface area contributed by atoms with Gasteiger partial charge in [-0.1, -0.05) is 37.6 Å². The van der Waals surface area contributed by atoms with Crippen molar-refractivity contribution >= 4 is 11.9 Å². The highest BCUT2D eigenvalue weighted by atomic mass is 19.4. The van der Waals surface area contributed by atoms with Crippen LogP contribution in [-0.4, -0.2) is 34.3 Å². The van der Waals surface area contributed by atoms with E-state index in [1.54, 1.807) is 13.0 Å². The molecule has 0 bridgehead atoms. The lowest BCUT2D eigenvalue weighted by Gasteiger charge is -2.26. The molecule has 0 aliphatic carbocycles. The van der Waals surface area contributed by atoms with Crippen LogP contribution in [0.5, 0.6) is 11.5 Å². The Morgan fingerprint density at radius 3 is 2.19 bits per heavy atom. The molecule has 0 amide bonds. The standard InChI is InChI=1S/C38H44F3N3O4/c1-8-47-35-16-27(7)32(23(2)3)18-34(35)33-15-26(6)25(5)14-29(33)22-44(21-28-12-24(4)13-30(17-28)38(39,40)41)37-42-19-31(20-43-37)48-11-9-10-36(45)46/h12-20,23H,8-11,21-22H2,1-7H3,(H,45,46). The number of anilines is 1. The zero-order valence-electron chi connectivity index (χ0n) is 28.7. The van der Waals surface area contributed by atoms with E-state index >= 15 is 0 Å². The number of aryl methyl sites for hydroxylation is 4. The van der Waals surface area contributed by atoms with Crippen LogP contribution in [0, 0.1) is 27.7 Å². The van der Waals surface area contributed by atoms with Crippen LogP contribution < -0.4 is 14.4 Å². The minimum absolute atomic E-state index is 0.0217. The fourth-order valence-electron chi connectivity index (χ4n) is 5.76. The summed E-state index contributed by atoms with van der Waals surface area (Å²) in [6, 6.07) is 12.6. The molecule has 1 N–H and O–H groups in total. The Balaban J connectivity index is 1.81. The molecule has 7 nitrogen and oxygen atoms in total. The number of carboxylic acid groups (broad SMARTS) is 1. The molecule has 0 saturated carbocycles. The Morgan fingerprint density at radius 1 is 0.875 bits per heavy atom. The van der Waals surface area contributed by atoms with Gasteiger partial charge in [0, 0.05) is 25.1 Å². The first-order chi connectivity index (χ1) is 22.7. The van der Waals surface area contributed by atoms with Crippen molar-refractivity contribution in [2.45, 2.75) is 86.5 Å². The van der Waals surface area contributed by atoms with Gasteiger partial charge in [0.15, 0.2) is 5.75 Å². The van der Waals surface area contributed by atoms with E-state index in [9.17, 15) is 18.0 Å². The van der Waals surface area contributed by atoms with E-state index in [-0.39, 0.29) is 25.5 Å². The molecule has 0 atom stereocenters. The number of halogens is 3. The number of carbonyl (C=O) groups is 1. The zero-order chi connectivity index (χ0) is 35.2. The smallest absolute Gasteiger partial charge is 0.416 e. The molecular weight excluding hydrogens is 619 g/mol. The van der Waals surface area contributed by atoms with E-state index in [2.05, 4.69) is 61.9 Å². The molecule has 256 valence electrons. The molecule has 10 heteroatoms. The van der Waals surface area contributed by atoms with Crippen molar-refractivity contribution in [3.63, 3.8) is 0 Å². The monoisotopic (exact) mass is 663 g/mol. The van der Waals surface area contributed by atoms with Crippen molar-refractivity contribution < 1.29 is 32.5 Å². The highest BCUT2D eigenvalue weighted by molar-refractivity contribution is 5.76. The van der Waals surface area contributed by atoms with Gasteiger partial charge in [-0.15, -0.1) is 0 Å². The van der Waals surface area contributed by atoms with Gasteiger partial charge in [-0.3, -0.25) is 4.79 Å². The van der Waals surface area contributed by atoms with Gasteiger partial charge in [0.2, 0.25) is 5.95 Å². The van der Waals surface area contributed by atoms with Gasteiger partial charge in [0.1, 0.15) is 5.75 Å². The van der Waals surface area contributed by atoms with Crippen LogP contribution in [0.25, 0.3) is 11.1 Å². The van der Waals surface area contributed by atoms with Crippen LogP contribution in [0.2, 0.25) is 0 Å². The largest absolute Gasteiger partial charge is 0.493 e. The van der Waals surface area contributed by atoms with Crippen molar-refractivity contribution in [3.8, 4) is 22.6 Å². The average molecular weight is 664 g/mol. The summed E-state index contributed by atoms with van der Waals surface area (Å²) in [4.78, 5) is 21.8. The Morgan fingerprint density at radius 2 is 1.56 bits per heavy atom. The summed E-state index contributed by atoms with van der Waals surface area (Å²) in [5.41, 5.74) is 7.64. The van der Waals surface area contributed by atoms with Crippen molar-refractivity contribution in [2.75, 3.05) is 18.1 Å². The molecule has 0 fully saturated rings. The number of hydrogen-bond acceptors (Lipinski definition) is 6. The third-order valence-corrected chi connectivity index (χ3v) is 8.20. The van der Waals surface area contributed by atoms with Crippen molar-refractivity contribution in [3.05, 3.63) is 99.4 Å². The van der Waals surface area contributed by atoms with Crippen LogP contribution in [0.15, 0.2) is 54.9 Å². The van der Waals surface area contributed by atoms with Gasteiger partial charge in [-0.05, 0) is 110 Å². The lowest BCUT2D eigenvalue weighted by molar-refractivity contribution is -0.138. The van der Waals surface area contributed by atoms with Gasteiger partial charge in [-0.25, -0.2) is 9.97 Å². The highest BCUT2D eigenvalue weighted by Gasteiger charge is 2.31. The predicted molar refractivity (Wildman–Crippen MR) is 182 cm³/mol. The zero-order valence-corrected chi connectivity index (χ0v) is 28.7. The van der Waals surface area contributed by atoms with E-state index in [1.165, 1.54) is 24.0 Å². The summed E-state index contributed by atoms with van der Waals surface area (Å²) in [5.74, 6) is 0.825. The molecule has 1 heterocycles. The number of rotatable bonds is 14. The average Bonchev–Trinajstić information content (AvgIpc) is 3.00. The Kier molecular flexibility index (Phi) is 11.7. The third kappa shape index (κ3) is 9.27. The number of benzene rings is 3. The summed E-state index contributed by atoms with van der Waals surface area (Å²) in [7, 11) is 0. The van der Waals surface area contributed by atoms with Crippen molar-refractivity contribution in [1.82, 2.24) is 9.97 Å². The third-order valence-electron chi connectivity index (χ3n) is 8.20. The molecule has 4 rings (SSSR count). The molecule has 0 aliphatic heterocycles. The molecule has 3 aromatic carbocycles. The molecule has 0 unspecified atom stereocenters. The topological polar surface area (TPSA) is 84.8 Å². The normalized spacial score (nSPS) is 11.6. The lowest BCUT2D eigenvalue weighted by Crippen LogP contribution is -2.25. The maximum atomic E-state index is 13.8. The molecule has 0 aliphatic rings. The summed E-state index contributed by atoms with van der Waals surface area (Å²) in [6.45, 7) is 15.2. The maximum Gasteiger partial charge on any atom is 0.416 e. The molecular formula is C38H44F3N3O4. The first-order valence-electron chi connectivity index (χ1n) is 16.1. The molecule has 0 spiro atoms. The Labute approximate surface area is 280 Å². The maximum absolute atomic E-state index is 13.8. The second-order valence-corrected chi connectivity index (χ2v) is 12.5. The van der Waals surface area contributed by atoms with Crippen LogP contribution in [0.4, 0.5) is 19.1 Å². The number of aliphatic carboxylic acids is 1. The van der Waals surface area contributed by atoms with Gasteiger partial charge >= 0.3 is 12.1 Å². The SMILES string of the molecule is CCOc1cc(C)c(C(C)C)cc1-c1cc(C)c(C)cc1CN(Cc1cc(C)cc(C(F)(F)F)c1)c1ncc(OCCCC(=O)O)cn1. The number of carboxylic acids is 1. The van der Waals surface area contributed by atoms with Crippen LogP contribution in [0.3, 0.4) is 0 Å². The first kappa shape index (κ1) is 36.2. The highest BCUT2D eigenvalue weighted by Crippen LogP contribution is 2.39. The van der Waals surface area contributed by atoms with Crippen LogP contribution in [0.1, 0.15) is 84.0 Å². The van der Waals surface area contributed by atoms with Crippen LogP contribution >= 0.6 is 0 Å². The van der Waals surface area contributed by atoms with E-state index in [0.29, 0.717) is 42.4 Å². The van der Waals surface area contributed by atoms with E-state index < -0.39 is 17.7 Å². The minimum Gasteiger partial charge on any atom is -0.493 e. The second kappa shape index (κ2) is 15.5. The van der Waals surface area contributed by atoms with E-state index in [1.807, 2.05) is 18.7 Å². The molecule has 48 heavy (non-hydrogen) atoms. The van der Waals surface area contributed by atoms with Gasteiger partial charge in [-0.2, -0.15) is 13.2 Å². The minimum atomic E-state index is -4.49. The number of ether oxygens (including phenoxy) is 2. The summed E-state index contributed by atoms with van der Waals surface area (Å²) >= 11 is 0. The number of nitrogens with zero attached hydrogens (tertiary/aromatic N) is 3. The number of hydrogen-bond donors (Lipinski definition) is 1. The molecule has 1 aromatic heterocycles. The Hall–Kier alpha value is -4.60. The fourth-order valence-corrected chi connectivity index (χ4v) is 5.76. The second-order valence-electron chi connectivity index (χ2n) is 12.5. The van der Waals surface area contributed by atoms with Gasteiger partial charge < -0.3 is 19.5 Å². The molecule has 4 aromatic rings. The molecule has 0 radical (unpaired) electrons. The predicted octanol–water partition coefficient (Wildman–Crippen LogP) is 9.37. The fraction of sp³-hybridized carbons (Fsp3) is 0.395. The lowest BCUT2D eigenvalue weighted by atomic mass is 9.89. The van der Waals surface area contributed by atoms with Gasteiger partial charge in [0.05, 0.1) is 31.2 Å². The first-order valence-corrected chi connectivity index (χ1v) is 16.1. The van der Waals surface area contributed by atoms with E-state index in [4.69, 9.17) is 14.6 Å². The number of aromatic nitrogens is 2. The summed E-state index contributed by atoms with van der Waals surface area (Å²) in [5, 5.41) is 8.89. The van der Waals surface area contributed by atoms with Gasteiger partial charge in [0.25, 0.3) is 0 Å². The van der Waals surface area contributed by atoms with Crippen LogP contribution in [-0.2, 0) is 24.1 Å². The number of alkyl halides is 3. The quantitative estimate of drug-likeness (QED) is 0.135. The van der Waals surface area contributed by atoms with Crippen molar-refractivity contribution in [2.24, 2.45) is 0 Å².